The number of hydrogen-bond donors (Lipinski definition) is 2. The molecule has 0 aromatic rings. The molecule has 0 heterocycles. The Kier molecular flexibility index (Phi) is 30.0. The molecule has 0 aliphatic carbocycles. The molecule has 0 rings (SSSR count). The topological polar surface area (TPSA) is 108 Å². The third-order valence-corrected chi connectivity index (χ3v) is 5.33. The zero-order chi connectivity index (χ0) is 25.5. The SMILES string of the molecule is COCCCCCCN(CCCCCCO)CCOCCOCCOCCOCC/C=C/N=CN. The molecular weight excluding hydrogens is 450 g/mol. The van der Waals surface area contributed by atoms with E-state index in [2.05, 4.69) is 9.89 Å². The Hall–Kier alpha value is -1.07. The fourth-order valence-electron chi connectivity index (χ4n) is 3.36. The number of aliphatic hydroxyl groups excluding tert-OH is 1. The second kappa shape index (κ2) is 31.0. The van der Waals surface area contributed by atoms with Crippen LogP contribution in [0, 0.1) is 0 Å². The maximum absolute atomic E-state index is 8.93. The van der Waals surface area contributed by atoms with Crippen molar-refractivity contribution in [3.8, 4) is 0 Å². The molecule has 0 fully saturated rings. The molecule has 0 aliphatic rings. The number of unbranched alkanes of at least 4 members (excludes halogenated alkanes) is 6. The molecule has 208 valence electrons. The largest absolute Gasteiger partial charge is 0.396 e. The Morgan fingerprint density at radius 1 is 0.657 bits per heavy atom. The van der Waals surface area contributed by atoms with Gasteiger partial charge in [-0.3, -0.25) is 0 Å². The van der Waals surface area contributed by atoms with Gasteiger partial charge >= 0.3 is 0 Å². The quantitative estimate of drug-likeness (QED) is 0.0911. The lowest BCUT2D eigenvalue weighted by atomic mass is 10.1. The third kappa shape index (κ3) is 29.1. The summed E-state index contributed by atoms with van der Waals surface area (Å²) in [4.78, 5) is 6.29. The van der Waals surface area contributed by atoms with Crippen molar-refractivity contribution in [2.24, 2.45) is 10.7 Å². The van der Waals surface area contributed by atoms with Crippen LogP contribution in [0.2, 0.25) is 0 Å². The van der Waals surface area contributed by atoms with E-state index in [-0.39, 0.29) is 0 Å². The first kappa shape index (κ1) is 33.9. The van der Waals surface area contributed by atoms with E-state index in [9.17, 15) is 0 Å². The van der Waals surface area contributed by atoms with E-state index in [0.29, 0.717) is 52.9 Å². The molecular formula is C26H53N3O6. The van der Waals surface area contributed by atoms with E-state index in [1.165, 1.54) is 38.4 Å². The summed E-state index contributed by atoms with van der Waals surface area (Å²) in [5.74, 6) is 0. The van der Waals surface area contributed by atoms with Gasteiger partial charge in [0, 0.05) is 33.1 Å². The normalized spacial score (nSPS) is 12.1. The minimum atomic E-state index is 0.298. The van der Waals surface area contributed by atoms with Crippen LogP contribution in [-0.2, 0) is 23.7 Å². The van der Waals surface area contributed by atoms with E-state index in [1.807, 2.05) is 6.08 Å². The van der Waals surface area contributed by atoms with Gasteiger partial charge in [-0.2, -0.15) is 0 Å². The van der Waals surface area contributed by atoms with Crippen LogP contribution in [-0.4, -0.2) is 109 Å². The lowest BCUT2D eigenvalue weighted by Crippen LogP contribution is -2.30. The predicted molar refractivity (Wildman–Crippen MR) is 142 cm³/mol. The molecule has 0 aromatic heterocycles. The predicted octanol–water partition coefficient (Wildman–Crippen LogP) is 3.01. The van der Waals surface area contributed by atoms with Crippen molar-refractivity contribution in [1.82, 2.24) is 4.90 Å². The zero-order valence-corrected chi connectivity index (χ0v) is 22.2. The van der Waals surface area contributed by atoms with Gasteiger partial charge in [0.1, 0.15) is 0 Å². The lowest BCUT2D eigenvalue weighted by molar-refractivity contribution is -0.00352. The average Bonchev–Trinajstić information content (AvgIpc) is 2.87. The van der Waals surface area contributed by atoms with Gasteiger partial charge in [-0.05, 0) is 45.2 Å². The van der Waals surface area contributed by atoms with Crippen molar-refractivity contribution in [2.45, 2.75) is 57.8 Å². The van der Waals surface area contributed by atoms with Crippen LogP contribution in [0.1, 0.15) is 57.8 Å². The van der Waals surface area contributed by atoms with Gasteiger partial charge in [-0.15, -0.1) is 0 Å². The third-order valence-electron chi connectivity index (χ3n) is 5.33. The standard InChI is InChI=1S/C26H53N3O6/c1-31-17-10-5-3-8-14-29(13-7-2-4-9-16-30)15-19-33-21-23-35-25-24-34-22-20-32-18-11-6-12-28-26-27/h6,12,26,30H,2-5,7-11,13-25H2,1H3,(H2,27,28)/b12-6+. The maximum atomic E-state index is 8.93. The summed E-state index contributed by atoms with van der Waals surface area (Å²) in [5.41, 5.74) is 5.14. The van der Waals surface area contributed by atoms with Crippen LogP contribution in [0.15, 0.2) is 17.3 Å². The molecule has 9 nitrogen and oxygen atoms in total. The highest BCUT2D eigenvalue weighted by Gasteiger charge is 2.05. The molecule has 0 saturated carbocycles. The maximum Gasteiger partial charge on any atom is 0.0852 e. The highest BCUT2D eigenvalue weighted by molar-refractivity contribution is 5.52. The Labute approximate surface area is 214 Å². The van der Waals surface area contributed by atoms with Gasteiger partial charge in [-0.25, -0.2) is 4.99 Å². The molecule has 35 heavy (non-hydrogen) atoms. The fourth-order valence-corrected chi connectivity index (χ4v) is 3.36. The number of nitrogens with zero attached hydrogens (tertiary/aromatic N) is 2. The minimum Gasteiger partial charge on any atom is -0.396 e. The number of ether oxygens (including phenoxy) is 5. The molecule has 0 saturated heterocycles. The number of methoxy groups -OCH3 is 1. The summed E-state index contributed by atoms with van der Waals surface area (Å²) in [7, 11) is 1.76. The van der Waals surface area contributed by atoms with Crippen molar-refractivity contribution >= 4 is 6.34 Å². The van der Waals surface area contributed by atoms with Crippen LogP contribution in [0.3, 0.4) is 0 Å². The molecule has 0 aromatic carbocycles. The Morgan fingerprint density at radius 2 is 1.20 bits per heavy atom. The van der Waals surface area contributed by atoms with E-state index in [4.69, 9.17) is 34.5 Å². The number of aliphatic hydroxyl groups is 1. The van der Waals surface area contributed by atoms with Crippen LogP contribution in [0.4, 0.5) is 0 Å². The van der Waals surface area contributed by atoms with Crippen LogP contribution >= 0.6 is 0 Å². The van der Waals surface area contributed by atoms with Crippen molar-refractivity contribution < 1.29 is 28.8 Å². The first-order valence-electron chi connectivity index (χ1n) is 13.4. The molecule has 0 bridgehead atoms. The van der Waals surface area contributed by atoms with Crippen molar-refractivity contribution in [3.05, 3.63) is 12.3 Å². The van der Waals surface area contributed by atoms with E-state index in [0.717, 1.165) is 58.5 Å². The summed E-state index contributed by atoms with van der Waals surface area (Å²) in [5, 5.41) is 8.93. The van der Waals surface area contributed by atoms with Gasteiger partial charge in [-0.1, -0.05) is 31.8 Å². The summed E-state index contributed by atoms with van der Waals surface area (Å²) in [6.45, 7) is 9.14. The number of rotatable bonds is 29. The van der Waals surface area contributed by atoms with E-state index >= 15 is 0 Å². The second-order valence-corrected chi connectivity index (χ2v) is 8.31. The van der Waals surface area contributed by atoms with Gasteiger partial charge in [0.2, 0.25) is 0 Å². The molecule has 0 amide bonds. The van der Waals surface area contributed by atoms with Crippen LogP contribution in [0.25, 0.3) is 0 Å². The number of hydrogen-bond acceptors (Lipinski definition) is 8. The first-order chi connectivity index (χ1) is 17.3. The summed E-state index contributed by atoms with van der Waals surface area (Å²) in [6, 6.07) is 0. The van der Waals surface area contributed by atoms with Gasteiger partial charge < -0.3 is 39.4 Å². The Morgan fingerprint density at radius 3 is 1.77 bits per heavy atom. The highest BCUT2D eigenvalue weighted by Crippen LogP contribution is 2.06. The highest BCUT2D eigenvalue weighted by atomic mass is 16.6. The average molecular weight is 504 g/mol. The number of nitrogens with two attached hydrogens (primary N) is 1. The molecule has 0 aliphatic heterocycles. The summed E-state index contributed by atoms with van der Waals surface area (Å²) < 4.78 is 27.4. The van der Waals surface area contributed by atoms with E-state index in [1.54, 1.807) is 13.3 Å². The molecule has 3 N–H and O–H groups in total. The van der Waals surface area contributed by atoms with Gasteiger partial charge in [0.15, 0.2) is 0 Å². The fraction of sp³-hybridized carbons (Fsp3) is 0.885. The molecule has 0 radical (unpaired) electrons. The van der Waals surface area contributed by atoms with Crippen molar-refractivity contribution in [2.75, 3.05) is 92.8 Å². The smallest absolute Gasteiger partial charge is 0.0852 e. The molecule has 0 atom stereocenters. The molecule has 9 heteroatoms. The monoisotopic (exact) mass is 503 g/mol. The molecule has 0 unspecified atom stereocenters. The first-order valence-corrected chi connectivity index (χ1v) is 13.4. The van der Waals surface area contributed by atoms with Gasteiger partial charge in [0.25, 0.3) is 0 Å². The lowest BCUT2D eigenvalue weighted by Gasteiger charge is -2.22. The Balaban J connectivity index is 3.61. The van der Waals surface area contributed by atoms with E-state index < -0.39 is 0 Å². The Bertz CT molecular complexity index is 455. The second-order valence-electron chi connectivity index (χ2n) is 8.31. The van der Waals surface area contributed by atoms with Gasteiger partial charge in [0.05, 0.1) is 59.2 Å². The summed E-state index contributed by atoms with van der Waals surface area (Å²) >= 11 is 0. The summed E-state index contributed by atoms with van der Waals surface area (Å²) in [6.07, 6.45) is 14.8. The van der Waals surface area contributed by atoms with Crippen molar-refractivity contribution in [1.29, 1.82) is 0 Å². The minimum absolute atomic E-state index is 0.298. The zero-order valence-electron chi connectivity index (χ0n) is 22.2. The number of aliphatic imine (C=N–C) groups is 1. The van der Waals surface area contributed by atoms with Crippen LogP contribution < -0.4 is 5.73 Å². The van der Waals surface area contributed by atoms with Crippen molar-refractivity contribution in [3.63, 3.8) is 0 Å². The van der Waals surface area contributed by atoms with Crippen LogP contribution in [0.5, 0.6) is 0 Å². The molecule has 0 spiro atoms.